The first-order chi connectivity index (χ1) is 9.02. The highest BCUT2D eigenvalue weighted by Gasteiger charge is 2.35. The van der Waals surface area contributed by atoms with Crippen molar-refractivity contribution in [1.82, 2.24) is 0 Å². The van der Waals surface area contributed by atoms with Crippen LogP contribution in [0.5, 0.6) is 0 Å². The zero-order valence-electron chi connectivity index (χ0n) is 10.5. The molecule has 1 nitrogen and oxygen atoms in total. The Morgan fingerprint density at radius 1 is 1.05 bits per heavy atom. The maximum absolute atomic E-state index is 12.4. The van der Waals surface area contributed by atoms with E-state index in [-0.39, 0.29) is 0 Å². The molecule has 0 saturated heterocycles. The molecule has 19 heavy (non-hydrogen) atoms. The molecule has 3 rings (SSSR count). The van der Waals surface area contributed by atoms with E-state index in [9.17, 15) is 13.2 Å². The lowest BCUT2D eigenvalue weighted by Gasteiger charge is -2.19. The molecule has 1 saturated carbocycles. The van der Waals surface area contributed by atoms with Crippen LogP contribution < -0.4 is 5.32 Å². The van der Waals surface area contributed by atoms with Gasteiger partial charge in [0, 0.05) is 12.2 Å². The number of fused-ring (bicyclic) bond motifs is 2. The number of hydrogen-bond donors (Lipinski definition) is 1. The molecule has 2 aliphatic carbocycles. The van der Waals surface area contributed by atoms with E-state index in [2.05, 4.69) is 17.5 Å². The molecule has 1 aromatic rings. The molecule has 3 atom stereocenters. The van der Waals surface area contributed by atoms with E-state index in [1.165, 1.54) is 25.0 Å². The first-order valence-corrected chi connectivity index (χ1v) is 6.62. The van der Waals surface area contributed by atoms with Crippen LogP contribution >= 0.6 is 0 Å². The highest BCUT2D eigenvalue weighted by Crippen LogP contribution is 2.43. The molecular formula is C15H16F3N. The average Bonchev–Trinajstić information content (AvgIpc) is 2.98. The van der Waals surface area contributed by atoms with Gasteiger partial charge in [-0.2, -0.15) is 13.2 Å². The number of nitrogens with one attached hydrogen (secondary N) is 1. The van der Waals surface area contributed by atoms with Gasteiger partial charge in [-0.15, -0.1) is 0 Å². The maximum atomic E-state index is 12.4. The molecule has 0 aromatic heterocycles. The van der Waals surface area contributed by atoms with Crippen molar-refractivity contribution in [1.29, 1.82) is 0 Å². The van der Waals surface area contributed by atoms with Crippen LogP contribution in [0, 0.1) is 17.8 Å². The van der Waals surface area contributed by atoms with E-state index in [1.54, 1.807) is 0 Å². The Hall–Kier alpha value is -1.45. The molecule has 4 heteroatoms. The Bertz CT molecular complexity index is 475. The lowest BCUT2D eigenvalue weighted by atomic mass is 9.93. The number of rotatable bonds is 3. The smallest absolute Gasteiger partial charge is 0.385 e. The summed E-state index contributed by atoms with van der Waals surface area (Å²) in [6, 6.07) is 5.27. The van der Waals surface area contributed by atoms with E-state index < -0.39 is 11.7 Å². The van der Waals surface area contributed by atoms with Gasteiger partial charge < -0.3 is 5.32 Å². The third kappa shape index (κ3) is 2.62. The van der Waals surface area contributed by atoms with Crippen LogP contribution in [-0.4, -0.2) is 6.54 Å². The largest absolute Gasteiger partial charge is 0.416 e. The summed E-state index contributed by atoms with van der Waals surface area (Å²) in [5.41, 5.74) is 0.167. The first-order valence-electron chi connectivity index (χ1n) is 6.62. The van der Waals surface area contributed by atoms with E-state index >= 15 is 0 Å². The van der Waals surface area contributed by atoms with Crippen LogP contribution in [0.3, 0.4) is 0 Å². The topological polar surface area (TPSA) is 12.0 Å². The van der Waals surface area contributed by atoms with E-state index in [0.717, 1.165) is 30.3 Å². The Morgan fingerprint density at radius 3 is 2.32 bits per heavy atom. The first kappa shape index (κ1) is 12.6. The summed E-state index contributed by atoms with van der Waals surface area (Å²) in [6.07, 6.45) is 2.77. The second kappa shape index (κ2) is 4.58. The standard InChI is InChI=1S/C15H16F3N/c16-15(17,18)13-3-5-14(6-4-13)19-9-12-8-10-1-2-11(12)7-10/h1-6,10-12,19H,7-9H2. The van der Waals surface area contributed by atoms with Crippen LogP contribution in [0.1, 0.15) is 18.4 Å². The molecule has 1 N–H and O–H groups in total. The summed E-state index contributed by atoms with van der Waals surface area (Å²) < 4.78 is 37.3. The van der Waals surface area contributed by atoms with Gasteiger partial charge in [-0.1, -0.05) is 12.2 Å². The van der Waals surface area contributed by atoms with Gasteiger partial charge >= 0.3 is 6.18 Å². The van der Waals surface area contributed by atoms with Gasteiger partial charge in [-0.25, -0.2) is 0 Å². The van der Waals surface area contributed by atoms with Gasteiger partial charge in [-0.05, 0) is 54.9 Å². The molecule has 0 spiro atoms. The van der Waals surface area contributed by atoms with Gasteiger partial charge in [-0.3, -0.25) is 0 Å². The van der Waals surface area contributed by atoms with E-state index in [4.69, 9.17) is 0 Å². The third-order valence-corrected chi connectivity index (χ3v) is 4.20. The zero-order valence-corrected chi connectivity index (χ0v) is 10.5. The van der Waals surface area contributed by atoms with Crippen molar-refractivity contribution in [3.05, 3.63) is 42.0 Å². The second-order valence-electron chi connectivity index (χ2n) is 5.50. The molecule has 1 aromatic carbocycles. The minimum Gasteiger partial charge on any atom is -0.385 e. The Labute approximate surface area is 110 Å². The molecule has 0 amide bonds. The fourth-order valence-electron chi connectivity index (χ4n) is 3.16. The van der Waals surface area contributed by atoms with Crippen molar-refractivity contribution in [2.45, 2.75) is 19.0 Å². The summed E-state index contributed by atoms with van der Waals surface area (Å²) in [7, 11) is 0. The summed E-state index contributed by atoms with van der Waals surface area (Å²) in [5.74, 6) is 2.01. The number of alkyl halides is 3. The Morgan fingerprint density at radius 2 is 1.79 bits per heavy atom. The van der Waals surface area contributed by atoms with Crippen molar-refractivity contribution >= 4 is 5.69 Å². The van der Waals surface area contributed by atoms with Crippen LogP contribution in [0.4, 0.5) is 18.9 Å². The number of anilines is 1. The van der Waals surface area contributed by atoms with Crippen molar-refractivity contribution in [2.24, 2.45) is 17.8 Å². The third-order valence-electron chi connectivity index (χ3n) is 4.20. The molecule has 1 fully saturated rings. The molecule has 0 radical (unpaired) electrons. The van der Waals surface area contributed by atoms with Crippen LogP contribution in [0.2, 0.25) is 0 Å². The zero-order chi connectivity index (χ0) is 13.5. The number of allylic oxidation sites excluding steroid dienone is 2. The molecule has 0 aliphatic heterocycles. The van der Waals surface area contributed by atoms with Gasteiger partial charge in [0.25, 0.3) is 0 Å². The Balaban J connectivity index is 1.57. The summed E-state index contributed by atoms with van der Waals surface area (Å²) >= 11 is 0. The second-order valence-corrected chi connectivity index (χ2v) is 5.50. The van der Waals surface area contributed by atoms with Gasteiger partial charge in [0.2, 0.25) is 0 Å². The fraction of sp³-hybridized carbons (Fsp3) is 0.467. The average molecular weight is 267 g/mol. The SMILES string of the molecule is FC(F)(F)c1ccc(NCC2CC3C=CC2C3)cc1. The molecule has 102 valence electrons. The number of benzene rings is 1. The molecule has 0 heterocycles. The van der Waals surface area contributed by atoms with Crippen LogP contribution in [0.15, 0.2) is 36.4 Å². The van der Waals surface area contributed by atoms with Gasteiger partial charge in [0.15, 0.2) is 0 Å². The van der Waals surface area contributed by atoms with Gasteiger partial charge in [0.1, 0.15) is 0 Å². The predicted molar refractivity (Wildman–Crippen MR) is 68.8 cm³/mol. The molecule has 3 unspecified atom stereocenters. The summed E-state index contributed by atoms with van der Waals surface area (Å²) in [4.78, 5) is 0. The molecular weight excluding hydrogens is 251 g/mol. The Kier molecular flexibility index (Phi) is 3.03. The van der Waals surface area contributed by atoms with Crippen LogP contribution in [0.25, 0.3) is 0 Å². The number of halogens is 3. The minimum absolute atomic E-state index is 0.596. The van der Waals surface area contributed by atoms with E-state index in [1.807, 2.05) is 0 Å². The van der Waals surface area contributed by atoms with Crippen molar-refractivity contribution < 1.29 is 13.2 Å². The van der Waals surface area contributed by atoms with Crippen molar-refractivity contribution in [3.63, 3.8) is 0 Å². The van der Waals surface area contributed by atoms with Crippen molar-refractivity contribution in [3.8, 4) is 0 Å². The van der Waals surface area contributed by atoms with Crippen LogP contribution in [-0.2, 0) is 6.18 Å². The lowest BCUT2D eigenvalue weighted by Crippen LogP contribution is -2.18. The van der Waals surface area contributed by atoms with Gasteiger partial charge in [0.05, 0.1) is 5.56 Å². The lowest BCUT2D eigenvalue weighted by molar-refractivity contribution is -0.137. The van der Waals surface area contributed by atoms with Crippen molar-refractivity contribution in [2.75, 3.05) is 11.9 Å². The predicted octanol–water partition coefficient (Wildman–Crippen LogP) is 4.33. The highest BCUT2D eigenvalue weighted by molar-refractivity contribution is 5.45. The normalized spacial score (nSPS) is 28.9. The van der Waals surface area contributed by atoms with E-state index in [0.29, 0.717) is 11.8 Å². The monoisotopic (exact) mass is 267 g/mol. The highest BCUT2D eigenvalue weighted by atomic mass is 19.4. The number of hydrogen-bond acceptors (Lipinski definition) is 1. The summed E-state index contributed by atoms with van der Waals surface area (Å²) in [6.45, 7) is 0.844. The fourth-order valence-corrected chi connectivity index (χ4v) is 3.16. The maximum Gasteiger partial charge on any atom is 0.416 e. The molecule has 2 bridgehead atoms. The quantitative estimate of drug-likeness (QED) is 0.804. The minimum atomic E-state index is -4.26. The molecule has 2 aliphatic rings. The summed E-state index contributed by atoms with van der Waals surface area (Å²) in [5, 5.41) is 3.25.